The second kappa shape index (κ2) is 15.5. The molecule has 296 valence electrons. The number of para-hydroxylation sites is 1. The van der Waals surface area contributed by atoms with Crippen molar-refractivity contribution in [1.29, 1.82) is 0 Å². The zero-order chi connectivity index (χ0) is 41.7. The lowest BCUT2D eigenvalue weighted by Crippen LogP contribution is -2.10. The average Bonchev–Trinajstić information content (AvgIpc) is 3.94. The molecule has 10 aromatic carbocycles. The van der Waals surface area contributed by atoms with E-state index in [0.29, 0.717) is 0 Å². The number of furan rings is 1. The molecular weight excluding hydrogens is 783 g/mol. The van der Waals surface area contributed by atoms with E-state index >= 15 is 0 Å². The first kappa shape index (κ1) is 36.8. The minimum absolute atomic E-state index is 0.891. The van der Waals surface area contributed by atoms with Gasteiger partial charge in [0.2, 0.25) is 0 Å². The number of hydrogen-bond acceptors (Lipinski definition) is 3. The maximum atomic E-state index is 6.52. The molecule has 3 heteroatoms. The monoisotopic (exact) mass is 821 g/mol. The van der Waals surface area contributed by atoms with Crippen molar-refractivity contribution in [2.75, 3.05) is 4.90 Å². The van der Waals surface area contributed by atoms with Crippen molar-refractivity contribution in [3.63, 3.8) is 0 Å². The summed E-state index contributed by atoms with van der Waals surface area (Å²) in [6.07, 6.45) is 0. The van der Waals surface area contributed by atoms with Gasteiger partial charge in [-0.25, -0.2) is 0 Å². The Labute approximate surface area is 370 Å². The van der Waals surface area contributed by atoms with Gasteiger partial charge in [0.05, 0.1) is 5.69 Å². The van der Waals surface area contributed by atoms with Crippen LogP contribution in [0.15, 0.2) is 241 Å². The van der Waals surface area contributed by atoms with Crippen LogP contribution in [-0.4, -0.2) is 0 Å². The van der Waals surface area contributed by atoms with Crippen LogP contribution in [0.25, 0.3) is 97.7 Å². The highest BCUT2D eigenvalue weighted by atomic mass is 32.1. The number of nitrogens with zero attached hydrogens (tertiary/aromatic N) is 1. The van der Waals surface area contributed by atoms with E-state index in [1.54, 1.807) is 0 Å². The molecule has 0 saturated heterocycles. The van der Waals surface area contributed by atoms with Gasteiger partial charge in [-0.05, 0) is 105 Å². The minimum atomic E-state index is 0.891. The van der Waals surface area contributed by atoms with Gasteiger partial charge in [0, 0.05) is 47.9 Å². The van der Waals surface area contributed by atoms with Gasteiger partial charge in [0.25, 0.3) is 0 Å². The Morgan fingerprint density at radius 1 is 0.317 bits per heavy atom. The lowest BCUT2D eigenvalue weighted by molar-refractivity contribution is 0.670. The number of anilines is 3. The van der Waals surface area contributed by atoms with Crippen LogP contribution in [-0.2, 0) is 0 Å². The molecule has 0 N–H and O–H groups in total. The van der Waals surface area contributed by atoms with E-state index in [-0.39, 0.29) is 0 Å². The molecule has 0 atom stereocenters. The highest BCUT2D eigenvalue weighted by Crippen LogP contribution is 2.46. The van der Waals surface area contributed by atoms with Crippen molar-refractivity contribution < 1.29 is 4.42 Å². The van der Waals surface area contributed by atoms with Crippen molar-refractivity contribution in [3.8, 4) is 55.6 Å². The second-order valence-electron chi connectivity index (χ2n) is 16.0. The molecule has 2 aromatic heterocycles. The van der Waals surface area contributed by atoms with E-state index in [2.05, 4.69) is 235 Å². The fourth-order valence-electron chi connectivity index (χ4n) is 9.34. The summed E-state index contributed by atoms with van der Waals surface area (Å²) in [5, 5.41) is 4.78. The third kappa shape index (κ3) is 6.50. The largest absolute Gasteiger partial charge is 0.455 e. The fraction of sp³-hybridized carbons (Fsp3) is 0. The molecule has 63 heavy (non-hydrogen) atoms. The molecule has 0 unspecified atom stereocenters. The van der Waals surface area contributed by atoms with E-state index in [9.17, 15) is 0 Å². The zero-order valence-electron chi connectivity index (χ0n) is 34.3. The standard InChI is InChI=1S/C60H39NOS/c1-3-15-41(16-4-1)47-19-7-9-21-50(47)51-22-10-8-20-48(51)43-31-36-46(37-32-43)61(55-26-14-28-58-59(55)53-23-11-12-27-57(53)63-58)45-34-29-40(30-35-45)44-33-38-56-54(39-44)52-25-13-24-49(60(52)62-56)42-17-5-2-6-18-42/h1-39H. The van der Waals surface area contributed by atoms with Gasteiger partial charge >= 0.3 is 0 Å². The Morgan fingerprint density at radius 3 is 1.49 bits per heavy atom. The summed E-state index contributed by atoms with van der Waals surface area (Å²) in [7, 11) is 0. The van der Waals surface area contributed by atoms with Gasteiger partial charge in [-0.1, -0.05) is 182 Å². The van der Waals surface area contributed by atoms with Crippen LogP contribution in [0.1, 0.15) is 0 Å². The van der Waals surface area contributed by atoms with Crippen LogP contribution in [0.2, 0.25) is 0 Å². The Hall–Kier alpha value is -7.98. The van der Waals surface area contributed by atoms with Crippen LogP contribution < -0.4 is 4.90 Å². The third-order valence-corrected chi connectivity index (χ3v) is 13.5. The van der Waals surface area contributed by atoms with E-state index < -0.39 is 0 Å². The molecule has 0 aliphatic rings. The topological polar surface area (TPSA) is 16.4 Å². The summed E-state index contributed by atoms with van der Waals surface area (Å²) in [6, 6.07) is 85.3. The molecule has 0 fully saturated rings. The highest BCUT2D eigenvalue weighted by Gasteiger charge is 2.20. The summed E-state index contributed by atoms with van der Waals surface area (Å²) < 4.78 is 9.08. The van der Waals surface area contributed by atoms with Crippen LogP contribution in [0, 0.1) is 0 Å². The molecule has 0 aliphatic carbocycles. The molecular formula is C60H39NOS. The first-order chi connectivity index (χ1) is 31.2. The van der Waals surface area contributed by atoms with Crippen molar-refractivity contribution in [3.05, 3.63) is 237 Å². The summed E-state index contributed by atoms with van der Waals surface area (Å²) >= 11 is 1.85. The molecule has 0 spiro atoms. The van der Waals surface area contributed by atoms with Crippen molar-refractivity contribution >= 4 is 70.5 Å². The first-order valence-electron chi connectivity index (χ1n) is 21.4. The fourth-order valence-corrected chi connectivity index (χ4v) is 10.5. The lowest BCUT2D eigenvalue weighted by Gasteiger charge is -2.27. The predicted octanol–water partition coefficient (Wildman–Crippen LogP) is 17.8. The summed E-state index contributed by atoms with van der Waals surface area (Å²) in [5.74, 6) is 0. The maximum Gasteiger partial charge on any atom is 0.143 e. The molecule has 0 aliphatic heterocycles. The minimum Gasteiger partial charge on any atom is -0.455 e. The predicted molar refractivity (Wildman–Crippen MR) is 268 cm³/mol. The number of fused-ring (bicyclic) bond motifs is 6. The molecule has 2 nitrogen and oxygen atoms in total. The highest BCUT2D eigenvalue weighted by molar-refractivity contribution is 7.26. The molecule has 0 amide bonds. The Balaban J connectivity index is 0.955. The molecule has 2 heterocycles. The smallest absolute Gasteiger partial charge is 0.143 e. The molecule has 12 aromatic rings. The van der Waals surface area contributed by atoms with Crippen LogP contribution in [0.5, 0.6) is 0 Å². The van der Waals surface area contributed by atoms with E-state index in [1.165, 1.54) is 53.6 Å². The normalized spacial score (nSPS) is 11.5. The lowest BCUT2D eigenvalue weighted by atomic mass is 9.89. The van der Waals surface area contributed by atoms with E-state index in [0.717, 1.165) is 61.3 Å². The van der Waals surface area contributed by atoms with Gasteiger partial charge in [-0.3, -0.25) is 0 Å². The molecule has 12 rings (SSSR count). The summed E-state index contributed by atoms with van der Waals surface area (Å²) in [5.41, 5.74) is 17.0. The van der Waals surface area contributed by atoms with Gasteiger partial charge in [0.15, 0.2) is 0 Å². The third-order valence-electron chi connectivity index (χ3n) is 12.3. The van der Waals surface area contributed by atoms with Crippen molar-refractivity contribution in [1.82, 2.24) is 0 Å². The Kier molecular flexibility index (Phi) is 9.06. The number of thiophene rings is 1. The zero-order valence-corrected chi connectivity index (χ0v) is 35.1. The Bertz CT molecular complexity index is 3600. The number of rotatable bonds is 8. The van der Waals surface area contributed by atoms with Gasteiger partial charge < -0.3 is 9.32 Å². The van der Waals surface area contributed by atoms with Crippen molar-refractivity contribution in [2.24, 2.45) is 0 Å². The molecule has 0 bridgehead atoms. The molecule has 0 radical (unpaired) electrons. The summed E-state index contributed by atoms with van der Waals surface area (Å²) in [4.78, 5) is 2.42. The quantitative estimate of drug-likeness (QED) is 0.152. The van der Waals surface area contributed by atoms with E-state index in [1.807, 2.05) is 17.4 Å². The average molecular weight is 822 g/mol. The second-order valence-corrected chi connectivity index (χ2v) is 17.1. The van der Waals surface area contributed by atoms with Crippen molar-refractivity contribution in [2.45, 2.75) is 0 Å². The SMILES string of the molecule is c1ccc(-c2ccccc2-c2ccccc2-c2ccc(N(c3ccc(-c4ccc5oc6c(-c7ccccc7)cccc6c5c4)cc3)c3cccc4sc5ccccc5c34)cc2)cc1. The van der Waals surface area contributed by atoms with Gasteiger partial charge in [-0.15, -0.1) is 11.3 Å². The maximum absolute atomic E-state index is 6.52. The molecule has 0 saturated carbocycles. The van der Waals surface area contributed by atoms with E-state index in [4.69, 9.17) is 4.42 Å². The number of benzene rings is 10. The number of hydrogen-bond donors (Lipinski definition) is 0. The first-order valence-corrected chi connectivity index (χ1v) is 22.2. The van der Waals surface area contributed by atoms with Gasteiger partial charge in [0.1, 0.15) is 11.2 Å². The Morgan fingerprint density at radius 2 is 0.810 bits per heavy atom. The van der Waals surface area contributed by atoms with Crippen LogP contribution in [0.4, 0.5) is 17.1 Å². The van der Waals surface area contributed by atoms with Crippen LogP contribution in [0.3, 0.4) is 0 Å². The van der Waals surface area contributed by atoms with Gasteiger partial charge in [-0.2, -0.15) is 0 Å². The summed E-state index contributed by atoms with van der Waals surface area (Å²) in [6.45, 7) is 0. The van der Waals surface area contributed by atoms with Crippen LogP contribution >= 0.6 is 11.3 Å².